The Hall–Kier alpha value is -2.63. The quantitative estimate of drug-likeness (QED) is 0.553. The van der Waals surface area contributed by atoms with Gasteiger partial charge in [0, 0.05) is 55.0 Å². The van der Waals surface area contributed by atoms with Gasteiger partial charge in [0.25, 0.3) is 0 Å². The van der Waals surface area contributed by atoms with E-state index >= 15 is 0 Å². The summed E-state index contributed by atoms with van der Waals surface area (Å²) < 4.78 is 0. The Morgan fingerprint density at radius 3 is 2.71 bits per heavy atom. The smallest absolute Gasteiger partial charge is 0.0731 e. The molecule has 2 aromatic carbocycles. The molecule has 3 aromatic rings. The lowest BCUT2D eigenvalue weighted by Crippen LogP contribution is -2.43. The Balaban J connectivity index is 1.66. The van der Waals surface area contributed by atoms with Gasteiger partial charge < -0.3 is 20.9 Å². The first-order valence-corrected chi connectivity index (χ1v) is 10.2. The minimum Gasteiger partial charge on any atom is -0.384 e. The maximum atomic E-state index is 4.95. The molecule has 5 heteroatoms. The largest absolute Gasteiger partial charge is 0.384 e. The second kappa shape index (κ2) is 9.04. The molecule has 5 nitrogen and oxygen atoms in total. The van der Waals surface area contributed by atoms with E-state index in [1.54, 1.807) is 0 Å². The van der Waals surface area contributed by atoms with Crippen LogP contribution in [-0.2, 0) is 0 Å². The van der Waals surface area contributed by atoms with Crippen molar-refractivity contribution in [3.05, 3.63) is 54.6 Å². The molecule has 146 valence electrons. The number of pyridine rings is 1. The van der Waals surface area contributed by atoms with Crippen molar-refractivity contribution >= 4 is 22.3 Å². The van der Waals surface area contributed by atoms with Gasteiger partial charge in [-0.15, -0.1) is 0 Å². The minimum atomic E-state index is 0.940. The van der Waals surface area contributed by atoms with E-state index in [1.807, 2.05) is 7.05 Å². The van der Waals surface area contributed by atoms with E-state index in [0.29, 0.717) is 0 Å². The number of aromatic nitrogens is 1. The van der Waals surface area contributed by atoms with E-state index in [-0.39, 0.29) is 0 Å². The molecule has 0 radical (unpaired) electrons. The molecule has 3 N–H and O–H groups in total. The SMILES string of the molecule is CNCCCNc1cc(-c2cccc(N3CCNCC3)c2)nc2ccccc12. The Labute approximate surface area is 167 Å². The molecule has 1 aromatic heterocycles. The zero-order valence-electron chi connectivity index (χ0n) is 16.5. The van der Waals surface area contributed by atoms with Gasteiger partial charge in [-0.05, 0) is 44.3 Å². The normalized spacial score (nSPS) is 14.4. The van der Waals surface area contributed by atoms with Gasteiger partial charge in [0.1, 0.15) is 0 Å². The maximum absolute atomic E-state index is 4.95. The molecule has 2 heterocycles. The minimum absolute atomic E-state index is 0.940. The van der Waals surface area contributed by atoms with Crippen LogP contribution in [0, 0.1) is 0 Å². The fraction of sp³-hybridized carbons (Fsp3) is 0.348. The highest BCUT2D eigenvalue weighted by Gasteiger charge is 2.12. The predicted molar refractivity (Wildman–Crippen MR) is 119 cm³/mol. The topological polar surface area (TPSA) is 52.2 Å². The van der Waals surface area contributed by atoms with Gasteiger partial charge in [-0.25, -0.2) is 4.98 Å². The van der Waals surface area contributed by atoms with Crippen LogP contribution >= 0.6 is 0 Å². The lowest BCUT2D eigenvalue weighted by atomic mass is 10.1. The number of hydrogen-bond acceptors (Lipinski definition) is 5. The molecule has 1 aliphatic heterocycles. The molecular formula is C23H29N5. The fourth-order valence-corrected chi connectivity index (χ4v) is 3.74. The number of anilines is 2. The second-order valence-electron chi connectivity index (χ2n) is 7.24. The van der Waals surface area contributed by atoms with Crippen LogP contribution in [0.15, 0.2) is 54.6 Å². The van der Waals surface area contributed by atoms with Gasteiger partial charge in [0.15, 0.2) is 0 Å². The third kappa shape index (κ3) is 4.26. The zero-order valence-corrected chi connectivity index (χ0v) is 16.5. The van der Waals surface area contributed by atoms with Gasteiger partial charge in [-0.1, -0.05) is 30.3 Å². The monoisotopic (exact) mass is 375 g/mol. The van der Waals surface area contributed by atoms with Crippen molar-refractivity contribution in [1.82, 2.24) is 15.6 Å². The Morgan fingerprint density at radius 1 is 1.00 bits per heavy atom. The molecule has 0 aliphatic carbocycles. The summed E-state index contributed by atoms with van der Waals surface area (Å²) in [5.41, 5.74) is 5.65. The van der Waals surface area contributed by atoms with Crippen molar-refractivity contribution in [3.63, 3.8) is 0 Å². The van der Waals surface area contributed by atoms with Crippen LogP contribution in [0.3, 0.4) is 0 Å². The van der Waals surface area contributed by atoms with E-state index in [4.69, 9.17) is 4.98 Å². The summed E-state index contributed by atoms with van der Waals surface area (Å²) in [4.78, 5) is 7.40. The van der Waals surface area contributed by atoms with Crippen LogP contribution in [0.2, 0.25) is 0 Å². The van der Waals surface area contributed by atoms with E-state index in [0.717, 1.165) is 62.6 Å². The fourth-order valence-electron chi connectivity index (χ4n) is 3.74. The standard InChI is InChI=1S/C23H29N5/c1-24-10-5-11-26-23-17-22(27-21-9-3-2-8-20(21)23)18-6-4-7-19(16-18)28-14-12-25-13-15-28/h2-4,6-9,16-17,24-25H,5,10-15H2,1H3,(H,26,27). The molecule has 0 amide bonds. The van der Waals surface area contributed by atoms with Crippen molar-refractivity contribution in [2.24, 2.45) is 0 Å². The lowest BCUT2D eigenvalue weighted by molar-refractivity contribution is 0.589. The van der Waals surface area contributed by atoms with Crippen LogP contribution in [-0.4, -0.2) is 51.3 Å². The number of hydrogen-bond donors (Lipinski definition) is 3. The van der Waals surface area contributed by atoms with Crippen LogP contribution in [0.4, 0.5) is 11.4 Å². The maximum Gasteiger partial charge on any atom is 0.0731 e. The first-order chi connectivity index (χ1) is 13.8. The number of piperazine rings is 1. The molecular weight excluding hydrogens is 346 g/mol. The van der Waals surface area contributed by atoms with E-state index < -0.39 is 0 Å². The zero-order chi connectivity index (χ0) is 19.2. The number of rotatable bonds is 7. The van der Waals surface area contributed by atoms with E-state index in [2.05, 4.69) is 75.4 Å². The Morgan fingerprint density at radius 2 is 1.86 bits per heavy atom. The van der Waals surface area contributed by atoms with Crippen molar-refractivity contribution < 1.29 is 0 Å². The summed E-state index contributed by atoms with van der Waals surface area (Å²) in [6, 6.07) is 19.3. The molecule has 28 heavy (non-hydrogen) atoms. The molecule has 1 fully saturated rings. The first kappa shape index (κ1) is 18.7. The number of fused-ring (bicyclic) bond motifs is 1. The van der Waals surface area contributed by atoms with Crippen molar-refractivity contribution in [2.75, 3.05) is 56.5 Å². The molecule has 1 aliphatic rings. The highest BCUT2D eigenvalue weighted by molar-refractivity contribution is 5.93. The van der Waals surface area contributed by atoms with Crippen LogP contribution in [0.5, 0.6) is 0 Å². The second-order valence-corrected chi connectivity index (χ2v) is 7.24. The van der Waals surface area contributed by atoms with Gasteiger partial charge in [0.05, 0.1) is 11.2 Å². The van der Waals surface area contributed by atoms with Crippen LogP contribution in [0.1, 0.15) is 6.42 Å². The Bertz CT molecular complexity index is 918. The lowest BCUT2D eigenvalue weighted by Gasteiger charge is -2.29. The van der Waals surface area contributed by atoms with Crippen molar-refractivity contribution in [2.45, 2.75) is 6.42 Å². The summed E-state index contributed by atoms with van der Waals surface area (Å²) in [6.45, 7) is 6.13. The Kier molecular flexibility index (Phi) is 6.04. The summed E-state index contributed by atoms with van der Waals surface area (Å²) >= 11 is 0. The number of nitrogens with one attached hydrogen (secondary N) is 3. The molecule has 0 spiro atoms. The molecule has 1 saturated heterocycles. The molecule has 0 atom stereocenters. The summed E-state index contributed by atoms with van der Waals surface area (Å²) in [6.07, 6.45) is 1.08. The third-order valence-electron chi connectivity index (χ3n) is 5.26. The van der Waals surface area contributed by atoms with Crippen LogP contribution in [0.25, 0.3) is 22.2 Å². The van der Waals surface area contributed by atoms with Gasteiger partial charge in [0.2, 0.25) is 0 Å². The average molecular weight is 376 g/mol. The van der Waals surface area contributed by atoms with Crippen molar-refractivity contribution in [3.8, 4) is 11.3 Å². The van der Waals surface area contributed by atoms with Gasteiger partial charge >= 0.3 is 0 Å². The van der Waals surface area contributed by atoms with E-state index in [1.165, 1.54) is 16.6 Å². The average Bonchev–Trinajstić information content (AvgIpc) is 2.77. The molecule has 0 saturated carbocycles. The van der Waals surface area contributed by atoms with Crippen molar-refractivity contribution in [1.29, 1.82) is 0 Å². The first-order valence-electron chi connectivity index (χ1n) is 10.2. The highest BCUT2D eigenvalue weighted by atomic mass is 15.2. The number of para-hydroxylation sites is 1. The van der Waals surface area contributed by atoms with Gasteiger partial charge in [-0.2, -0.15) is 0 Å². The summed E-state index contributed by atoms with van der Waals surface area (Å²) in [7, 11) is 1.99. The van der Waals surface area contributed by atoms with E-state index in [9.17, 15) is 0 Å². The predicted octanol–water partition coefficient (Wildman–Crippen LogP) is 3.33. The summed E-state index contributed by atoms with van der Waals surface area (Å²) in [5, 5.41) is 11.4. The highest BCUT2D eigenvalue weighted by Crippen LogP contribution is 2.30. The van der Waals surface area contributed by atoms with Crippen LogP contribution < -0.4 is 20.9 Å². The molecule has 0 bridgehead atoms. The molecule has 4 rings (SSSR count). The number of benzene rings is 2. The molecule has 0 unspecified atom stereocenters. The number of nitrogens with zero attached hydrogens (tertiary/aromatic N) is 2. The third-order valence-corrected chi connectivity index (χ3v) is 5.26. The van der Waals surface area contributed by atoms with Gasteiger partial charge in [-0.3, -0.25) is 0 Å². The summed E-state index contributed by atoms with van der Waals surface area (Å²) in [5.74, 6) is 0.